The molecule has 4 heterocycles. The van der Waals surface area contributed by atoms with Crippen LogP contribution < -0.4 is 4.74 Å². The summed E-state index contributed by atoms with van der Waals surface area (Å²) in [6.45, 7) is 6.97. The summed E-state index contributed by atoms with van der Waals surface area (Å²) in [6, 6.07) is 21.9. The number of H-pyrrole nitrogens is 1. The molecular formula is C34H37N3O3S. The number of fused-ring (bicyclic) bond motifs is 1. The standard InChI is InChI=1S/C26H25N3O3.C6H6S.C2H6/c27-17-20-15-19(2-4-25(20)32-22-8-13-31-14-9-22)23-5-10-28-26-24(23)16-21(29-26)3-1-18-6-11-30-12-7-18;7-6-4-2-1-3-5-6;1-2/h2,4-5,10,15-16,18,22H,6-9,11-14H2,(H,28,29);1-5,7H;1-2H3. The van der Waals surface area contributed by atoms with Gasteiger partial charge in [-0.05, 0) is 66.3 Å². The molecule has 1 N–H and O–H groups in total. The van der Waals surface area contributed by atoms with Gasteiger partial charge in [0.15, 0.2) is 0 Å². The number of hydrogen-bond donors (Lipinski definition) is 2. The minimum absolute atomic E-state index is 0.0934. The molecule has 0 atom stereocenters. The lowest BCUT2D eigenvalue weighted by molar-refractivity contribution is 0.0254. The molecule has 212 valence electrons. The number of nitriles is 1. The topological polar surface area (TPSA) is 80.2 Å². The Labute approximate surface area is 248 Å². The zero-order valence-corrected chi connectivity index (χ0v) is 24.6. The predicted octanol–water partition coefficient (Wildman–Crippen LogP) is 7.44. The molecule has 0 amide bonds. The number of aromatic amines is 1. The van der Waals surface area contributed by atoms with Gasteiger partial charge < -0.3 is 19.2 Å². The largest absolute Gasteiger partial charge is 0.489 e. The molecule has 0 spiro atoms. The highest BCUT2D eigenvalue weighted by molar-refractivity contribution is 7.80. The summed E-state index contributed by atoms with van der Waals surface area (Å²) >= 11 is 4.08. The summed E-state index contributed by atoms with van der Waals surface area (Å²) in [6.07, 6.45) is 5.53. The molecule has 6 rings (SSSR count). The molecule has 2 aromatic carbocycles. The van der Waals surface area contributed by atoms with E-state index in [1.54, 1.807) is 6.20 Å². The van der Waals surface area contributed by atoms with Gasteiger partial charge in [-0.15, -0.1) is 12.6 Å². The van der Waals surface area contributed by atoms with Crippen molar-refractivity contribution < 1.29 is 14.2 Å². The SMILES string of the molecule is CC.N#Cc1cc(-c2ccnc3[nH]c(C#CC4CCOCC4)cc23)ccc1OC1CCOCC1.Sc1ccccc1. The average molecular weight is 568 g/mol. The number of pyridine rings is 1. The molecule has 2 fully saturated rings. The first kappa shape index (κ1) is 30.2. The van der Waals surface area contributed by atoms with Crippen LogP contribution in [0.5, 0.6) is 5.75 Å². The van der Waals surface area contributed by atoms with Crippen LogP contribution in [0, 0.1) is 29.1 Å². The number of aromatic nitrogens is 2. The van der Waals surface area contributed by atoms with E-state index in [-0.39, 0.29) is 6.10 Å². The summed E-state index contributed by atoms with van der Waals surface area (Å²) in [7, 11) is 0. The summed E-state index contributed by atoms with van der Waals surface area (Å²) < 4.78 is 16.9. The second kappa shape index (κ2) is 15.9. The van der Waals surface area contributed by atoms with Gasteiger partial charge in [0.2, 0.25) is 0 Å². The van der Waals surface area contributed by atoms with Gasteiger partial charge in [0, 0.05) is 48.5 Å². The van der Waals surface area contributed by atoms with E-state index in [0.717, 1.165) is 71.6 Å². The lowest BCUT2D eigenvalue weighted by Gasteiger charge is -2.23. The Morgan fingerprint density at radius 1 is 0.927 bits per heavy atom. The maximum absolute atomic E-state index is 9.73. The molecule has 2 saturated heterocycles. The second-order valence-corrected chi connectivity index (χ2v) is 10.1. The molecule has 0 unspecified atom stereocenters. The molecule has 2 aromatic heterocycles. The van der Waals surface area contributed by atoms with Gasteiger partial charge >= 0.3 is 0 Å². The third-order valence-corrected chi connectivity index (χ3v) is 7.09. The van der Waals surface area contributed by atoms with Gasteiger partial charge in [-0.1, -0.05) is 44.0 Å². The van der Waals surface area contributed by atoms with Crippen LogP contribution in [0.1, 0.15) is 50.8 Å². The lowest BCUT2D eigenvalue weighted by Crippen LogP contribution is -2.26. The fourth-order valence-corrected chi connectivity index (χ4v) is 4.83. The third kappa shape index (κ3) is 8.62. The monoisotopic (exact) mass is 567 g/mol. The number of hydrogen-bond acceptors (Lipinski definition) is 6. The molecule has 2 aliphatic rings. The van der Waals surface area contributed by atoms with Crippen LogP contribution in [-0.4, -0.2) is 42.5 Å². The molecule has 6 nitrogen and oxygen atoms in total. The van der Waals surface area contributed by atoms with E-state index in [2.05, 4.69) is 40.5 Å². The average Bonchev–Trinajstić information content (AvgIpc) is 3.46. The quantitative estimate of drug-likeness (QED) is 0.199. The minimum Gasteiger partial charge on any atom is -0.489 e. The van der Waals surface area contributed by atoms with Crippen LogP contribution in [0.3, 0.4) is 0 Å². The molecule has 2 aliphatic heterocycles. The van der Waals surface area contributed by atoms with Crippen molar-refractivity contribution in [3.05, 3.63) is 78.1 Å². The third-order valence-electron chi connectivity index (χ3n) is 6.79. The normalized spacial score (nSPS) is 15.3. The summed E-state index contributed by atoms with van der Waals surface area (Å²) in [5.74, 6) is 7.65. The first-order valence-electron chi connectivity index (χ1n) is 14.3. The lowest BCUT2D eigenvalue weighted by atomic mass is 10.0. The van der Waals surface area contributed by atoms with Crippen molar-refractivity contribution >= 4 is 23.7 Å². The van der Waals surface area contributed by atoms with Gasteiger partial charge in [0.05, 0.1) is 24.5 Å². The van der Waals surface area contributed by atoms with Gasteiger partial charge in [0.1, 0.15) is 23.6 Å². The number of ether oxygens (including phenoxy) is 3. The van der Waals surface area contributed by atoms with Gasteiger partial charge in [-0.25, -0.2) is 4.98 Å². The van der Waals surface area contributed by atoms with E-state index < -0.39 is 0 Å². The van der Waals surface area contributed by atoms with Crippen molar-refractivity contribution in [2.75, 3.05) is 26.4 Å². The Morgan fingerprint density at radius 3 is 2.29 bits per heavy atom. The molecule has 0 saturated carbocycles. The van der Waals surface area contributed by atoms with E-state index in [1.807, 2.05) is 74.5 Å². The number of nitrogens with one attached hydrogen (secondary N) is 1. The second-order valence-electron chi connectivity index (χ2n) is 9.55. The van der Waals surface area contributed by atoms with E-state index in [9.17, 15) is 5.26 Å². The van der Waals surface area contributed by atoms with Gasteiger partial charge in [-0.3, -0.25) is 0 Å². The van der Waals surface area contributed by atoms with Crippen molar-refractivity contribution in [3.8, 4) is 34.8 Å². The maximum atomic E-state index is 9.73. The highest BCUT2D eigenvalue weighted by Gasteiger charge is 2.18. The fraction of sp³-hybridized carbons (Fsp3) is 0.353. The van der Waals surface area contributed by atoms with Crippen LogP contribution in [-0.2, 0) is 9.47 Å². The molecular weight excluding hydrogens is 530 g/mol. The summed E-state index contributed by atoms with van der Waals surface area (Å²) in [5, 5.41) is 10.7. The van der Waals surface area contributed by atoms with Crippen LogP contribution in [0.25, 0.3) is 22.2 Å². The van der Waals surface area contributed by atoms with E-state index in [1.165, 1.54) is 0 Å². The van der Waals surface area contributed by atoms with Crippen molar-refractivity contribution in [1.82, 2.24) is 9.97 Å². The van der Waals surface area contributed by atoms with Crippen LogP contribution in [0.4, 0.5) is 0 Å². The zero-order chi connectivity index (χ0) is 28.9. The van der Waals surface area contributed by atoms with Gasteiger partial charge in [0.25, 0.3) is 0 Å². The summed E-state index contributed by atoms with van der Waals surface area (Å²) in [5.41, 5.74) is 4.15. The highest BCUT2D eigenvalue weighted by Crippen LogP contribution is 2.32. The van der Waals surface area contributed by atoms with Crippen LogP contribution >= 0.6 is 12.6 Å². The maximum Gasteiger partial charge on any atom is 0.138 e. The number of rotatable bonds is 3. The number of thiol groups is 1. The van der Waals surface area contributed by atoms with Crippen molar-refractivity contribution in [2.45, 2.75) is 50.5 Å². The number of benzene rings is 2. The smallest absolute Gasteiger partial charge is 0.138 e. The van der Waals surface area contributed by atoms with Crippen molar-refractivity contribution in [2.24, 2.45) is 5.92 Å². The Morgan fingerprint density at radius 2 is 1.63 bits per heavy atom. The Balaban J connectivity index is 0.000000372. The van der Waals surface area contributed by atoms with Crippen molar-refractivity contribution in [1.29, 1.82) is 5.26 Å². The first-order chi connectivity index (χ1) is 20.2. The van der Waals surface area contributed by atoms with Crippen LogP contribution in [0.15, 0.2) is 71.8 Å². The first-order valence-corrected chi connectivity index (χ1v) is 14.7. The van der Waals surface area contributed by atoms with Gasteiger partial charge in [-0.2, -0.15) is 5.26 Å². The Bertz CT molecular complexity index is 1490. The molecule has 41 heavy (non-hydrogen) atoms. The molecule has 0 aliphatic carbocycles. The minimum atomic E-state index is 0.0934. The van der Waals surface area contributed by atoms with E-state index in [0.29, 0.717) is 30.4 Å². The fourth-order valence-electron chi connectivity index (χ4n) is 4.66. The van der Waals surface area contributed by atoms with E-state index in [4.69, 9.17) is 14.2 Å². The Hall–Kier alpha value is -3.75. The predicted molar refractivity (Wildman–Crippen MR) is 166 cm³/mol. The highest BCUT2D eigenvalue weighted by atomic mass is 32.1. The van der Waals surface area contributed by atoms with Crippen molar-refractivity contribution in [3.63, 3.8) is 0 Å². The number of nitrogens with zero attached hydrogens (tertiary/aromatic N) is 2. The summed E-state index contributed by atoms with van der Waals surface area (Å²) in [4.78, 5) is 8.81. The molecule has 0 bridgehead atoms. The van der Waals surface area contributed by atoms with E-state index >= 15 is 0 Å². The molecule has 4 aromatic rings. The Kier molecular flexibility index (Phi) is 11.7. The van der Waals surface area contributed by atoms with Crippen LogP contribution in [0.2, 0.25) is 0 Å². The zero-order valence-electron chi connectivity index (χ0n) is 23.7. The molecule has 0 radical (unpaired) electrons. The molecule has 7 heteroatoms.